The zero-order chi connectivity index (χ0) is 16.8. The number of hydrogen-bond acceptors (Lipinski definition) is 0. The average Bonchev–Trinajstić information content (AvgIpc) is 2.67. The van der Waals surface area contributed by atoms with Crippen LogP contribution in [0.3, 0.4) is 0 Å². The summed E-state index contributed by atoms with van der Waals surface area (Å²) in [7, 11) is 0. The van der Waals surface area contributed by atoms with E-state index < -0.39 is 0 Å². The van der Waals surface area contributed by atoms with Crippen molar-refractivity contribution in [3.05, 3.63) is 23.3 Å². The summed E-state index contributed by atoms with van der Waals surface area (Å²) >= 11 is 2.70. The van der Waals surface area contributed by atoms with Crippen molar-refractivity contribution in [2.45, 2.75) is 87.4 Å². The highest BCUT2D eigenvalue weighted by atomic mass is 127. The fourth-order valence-electron chi connectivity index (χ4n) is 7.36. The summed E-state index contributed by atoms with van der Waals surface area (Å²) in [5.74, 6) is 6.01. The Balaban J connectivity index is 1.30. The van der Waals surface area contributed by atoms with Gasteiger partial charge in [-0.3, -0.25) is 0 Å². The number of halogens is 1. The Hall–Kier alpha value is 0.210. The molecule has 0 amide bonds. The summed E-state index contributed by atoms with van der Waals surface area (Å²) < 4.78 is 0.956. The molecular weight excluding hydrogens is 415 g/mol. The van der Waals surface area contributed by atoms with E-state index >= 15 is 0 Å². The molecule has 138 valence electrons. The van der Waals surface area contributed by atoms with Crippen LogP contribution < -0.4 is 0 Å². The molecule has 5 aliphatic carbocycles. The van der Waals surface area contributed by atoms with Gasteiger partial charge in [0.25, 0.3) is 0 Å². The van der Waals surface area contributed by atoms with Crippen molar-refractivity contribution in [3.63, 3.8) is 0 Å². The fraction of sp³-hybridized carbons (Fsp3) is 0.833. The van der Waals surface area contributed by atoms with Crippen molar-refractivity contribution < 1.29 is 0 Å². The quantitative estimate of drug-likeness (QED) is 0.221. The van der Waals surface area contributed by atoms with Gasteiger partial charge in [0.05, 0.1) is 0 Å². The first kappa shape index (κ1) is 17.3. The third-order valence-corrected chi connectivity index (χ3v) is 9.83. The lowest BCUT2D eigenvalue weighted by molar-refractivity contribution is 0.126. The van der Waals surface area contributed by atoms with Crippen molar-refractivity contribution in [3.8, 4) is 0 Å². The summed E-state index contributed by atoms with van der Waals surface area (Å²) in [4.78, 5) is 0. The van der Waals surface area contributed by atoms with Crippen LogP contribution >= 0.6 is 22.6 Å². The van der Waals surface area contributed by atoms with E-state index in [2.05, 4.69) is 34.7 Å². The van der Waals surface area contributed by atoms with Crippen LogP contribution in [0.2, 0.25) is 0 Å². The van der Waals surface area contributed by atoms with Crippen molar-refractivity contribution in [2.24, 2.45) is 35.5 Å². The van der Waals surface area contributed by atoms with E-state index in [-0.39, 0.29) is 0 Å². The molecular formula is C24H35I. The monoisotopic (exact) mass is 450 g/mol. The van der Waals surface area contributed by atoms with Gasteiger partial charge >= 0.3 is 0 Å². The molecule has 0 bridgehead atoms. The Bertz CT molecular complexity index is 558. The van der Waals surface area contributed by atoms with E-state index in [1.165, 1.54) is 70.6 Å². The molecule has 0 saturated heterocycles. The Morgan fingerprint density at radius 1 is 0.800 bits per heavy atom. The van der Waals surface area contributed by atoms with Gasteiger partial charge in [0.1, 0.15) is 0 Å². The van der Waals surface area contributed by atoms with Crippen LogP contribution in [0.4, 0.5) is 0 Å². The van der Waals surface area contributed by atoms with Crippen molar-refractivity contribution in [2.75, 3.05) is 0 Å². The lowest BCUT2D eigenvalue weighted by Crippen LogP contribution is -2.35. The molecule has 0 nitrogen and oxygen atoms in total. The predicted octanol–water partition coefficient (Wildman–Crippen LogP) is 7.48. The first-order valence-corrected chi connectivity index (χ1v) is 12.6. The van der Waals surface area contributed by atoms with Gasteiger partial charge in [0, 0.05) is 3.92 Å². The highest BCUT2D eigenvalue weighted by molar-refractivity contribution is 14.1. The first-order valence-electron chi connectivity index (χ1n) is 11.3. The molecule has 5 aliphatic rings. The molecule has 0 N–H and O–H groups in total. The molecule has 0 radical (unpaired) electrons. The molecule has 1 heteroatoms. The number of alkyl halides is 1. The molecule has 0 spiro atoms. The molecule has 0 aromatic heterocycles. The molecule has 7 unspecified atom stereocenters. The van der Waals surface area contributed by atoms with E-state index in [4.69, 9.17) is 0 Å². The lowest BCUT2D eigenvalue weighted by atomic mass is 9.59. The van der Waals surface area contributed by atoms with Gasteiger partial charge in [0.2, 0.25) is 0 Å². The van der Waals surface area contributed by atoms with E-state index in [1.807, 2.05) is 11.1 Å². The Labute approximate surface area is 168 Å². The minimum atomic E-state index is 0.824. The molecule has 25 heavy (non-hydrogen) atoms. The second-order valence-electron chi connectivity index (χ2n) is 9.93. The number of allylic oxidation sites excluding steroid dienone is 4. The maximum absolute atomic E-state index is 2.80. The summed E-state index contributed by atoms with van der Waals surface area (Å²) in [5, 5.41) is 0. The molecule has 0 heterocycles. The van der Waals surface area contributed by atoms with Crippen LogP contribution in [0.5, 0.6) is 0 Å². The number of hydrogen-bond donors (Lipinski definition) is 0. The summed E-state index contributed by atoms with van der Waals surface area (Å²) in [6.45, 7) is 0. The molecule has 0 aromatic rings. The topological polar surface area (TPSA) is 0 Å². The standard InChI is InChI=1S/C24H35I/c25-22-11-9-18-13-17(6-7-20(18)15-22)19-10-12-24-21(14-19)8-5-16-3-1-2-4-23(16)24/h6,14,16,18-20,22-24H,1-5,7-13,15H2. The van der Waals surface area contributed by atoms with Gasteiger partial charge in [-0.1, -0.05) is 65.2 Å². The molecule has 3 fully saturated rings. The first-order chi connectivity index (χ1) is 12.3. The SMILES string of the molecule is IC1CCC2CC(C3C=C4CCC5CCCCC5C4CC3)=CCC2C1. The fourth-order valence-corrected chi connectivity index (χ4v) is 8.37. The van der Waals surface area contributed by atoms with Gasteiger partial charge < -0.3 is 0 Å². The normalized spacial score (nSPS) is 47.0. The van der Waals surface area contributed by atoms with E-state index in [1.54, 1.807) is 12.8 Å². The van der Waals surface area contributed by atoms with Crippen molar-refractivity contribution in [1.29, 1.82) is 0 Å². The van der Waals surface area contributed by atoms with Crippen molar-refractivity contribution >= 4 is 22.6 Å². The zero-order valence-electron chi connectivity index (χ0n) is 15.8. The second kappa shape index (κ2) is 7.32. The summed E-state index contributed by atoms with van der Waals surface area (Å²) in [6, 6.07) is 0. The molecule has 7 atom stereocenters. The van der Waals surface area contributed by atoms with Crippen LogP contribution in [0, 0.1) is 35.5 Å². The third-order valence-electron chi connectivity index (χ3n) is 8.70. The van der Waals surface area contributed by atoms with Crippen LogP contribution in [-0.2, 0) is 0 Å². The largest absolute Gasteiger partial charge is 0.0844 e. The van der Waals surface area contributed by atoms with Gasteiger partial charge in [-0.25, -0.2) is 0 Å². The summed E-state index contributed by atoms with van der Waals surface area (Å²) in [5.41, 5.74) is 3.75. The van der Waals surface area contributed by atoms with E-state index in [9.17, 15) is 0 Å². The minimum absolute atomic E-state index is 0.824. The highest BCUT2D eigenvalue weighted by Gasteiger charge is 2.40. The molecule has 0 aromatic carbocycles. The average molecular weight is 450 g/mol. The van der Waals surface area contributed by atoms with Gasteiger partial charge in [-0.05, 0) is 99.7 Å². The van der Waals surface area contributed by atoms with Crippen molar-refractivity contribution in [1.82, 2.24) is 0 Å². The van der Waals surface area contributed by atoms with E-state index in [0.29, 0.717) is 0 Å². The molecule has 3 saturated carbocycles. The van der Waals surface area contributed by atoms with Crippen LogP contribution in [0.1, 0.15) is 83.5 Å². The van der Waals surface area contributed by atoms with Crippen LogP contribution in [0.25, 0.3) is 0 Å². The third kappa shape index (κ3) is 3.41. The van der Waals surface area contributed by atoms with Gasteiger partial charge in [0.15, 0.2) is 0 Å². The number of fused-ring (bicyclic) bond motifs is 4. The number of rotatable bonds is 1. The molecule has 0 aliphatic heterocycles. The van der Waals surface area contributed by atoms with Crippen LogP contribution in [-0.4, -0.2) is 3.92 Å². The maximum atomic E-state index is 2.80. The minimum Gasteiger partial charge on any atom is -0.0844 e. The maximum Gasteiger partial charge on any atom is 0.0113 e. The van der Waals surface area contributed by atoms with Crippen LogP contribution in [0.15, 0.2) is 23.3 Å². The second-order valence-corrected chi connectivity index (χ2v) is 11.7. The van der Waals surface area contributed by atoms with Gasteiger partial charge in [-0.15, -0.1) is 0 Å². The predicted molar refractivity (Wildman–Crippen MR) is 115 cm³/mol. The summed E-state index contributed by atoms with van der Waals surface area (Å²) in [6.07, 6.45) is 24.9. The highest BCUT2D eigenvalue weighted by Crippen LogP contribution is 2.52. The van der Waals surface area contributed by atoms with E-state index in [0.717, 1.165) is 39.4 Å². The Morgan fingerprint density at radius 3 is 2.68 bits per heavy atom. The Morgan fingerprint density at radius 2 is 1.72 bits per heavy atom. The van der Waals surface area contributed by atoms with Gasteiger partial charge in [-0.2, -0.15) is 0 Å². The smallest absolute Gasteiger partial charge is 0.0113 e. The zero-order valence-corrected chi connectivity index (χ0v) is 17.9. The Kier molecular flexibility index (Phi) is 5.07. The lowest BCUT2D eigenvalue weighted by Gasteiger charge is -2.46. The molecule has 5 rings (SSSR count).